The number of hydrogen-bond acceptors (Lipinski definition) is 5. The van der Waals surface area contributed by atoms with Crippen LogP contribution in [0.25, 0.3) is 0 Å². The zero-order valence-corrected chi connectivity index (χ0v) is 14.3. The number of nitrogens with zero attached hydrogens (tertiary/aromatic N) is 2. The number of hydrazine groups is 1. The molecular weight excluding hydrogens is 330 g/mol. The fraction of sp³-hybridized carbons (Fsp3) is 0.158. The zero-order chi connectivity index (χ0) is 18.4. The van der Waals surface area contributed by atoms with Crippen LogP contribution in [-0.4, -0.2) is 21.1 Å². The number of H-pyrrole nitrogens is 1. The van der Waals surface area contributed by atoms with Gasteiger partial charge < -0.3 is 0 Å². The Labute approximate surface area is 150 Å². The quantitative estimate of drug-likeness (QED) is 0.589. The molecule has 2 aromatic carbocycles. The van der Waals surface area contributed by atoms with E-state index >= 15 is 0 Å². The van der Waals surface area contributed by atoms with E-state index in [-0.39, 0.29) is 23.8 Å². The summed E-state index contributed by atoms with van der Waals surface area (Å²) in [6.45, 7) is 2.00. The van der Waals surface area contributed by atoms with Crippen molar-refractivity contribution in [2.24, 2.45) is 0 Å². The topological polar surface area (TPSA) is 99.8 Å². The number of aromatic amines is 1. The Kier molecular flexibility index (Phi) is 5.38. The van der Waals surface area contributed by atoms with Crippen molar-refractivity contribution in [1.29, 1.82) is 0 Å². The van der Waals surface area contributed by atoms with Crippen LogP contribution in [0.15, 0.2) is 59.4 Å². The molecule has 0 aliphatic rings. The number of hydrogen-bond donors (Lipinski definition) is 3. The van der Waals surface area contributed by atoms with Gasteiger partial charge in [0.05, 0.1) is 6.42 Å². The predicted molar refractivity (Wildman–Crippen MR) is 98.5 cm³/mol. The highest BCUT2D eigenvalue weighted by Gasteiger charge is 2.07. The minimum Gasteiger partial charge on any atom is -0.288 e. The molecule has 3 N–H and O–H groups in total. The molecule has 0 saturated carbocycles. The number of benzene rings is 2. The number of nitrogens with one attached hydrogen (secondary N) is 3. The number of aryl methyl sites for hydroxylation is 1. The standard InChI is InChI=1S/C19H19N5O2/c1-13-7-9-15(10-8-13)11-16-18(26)20-19(23-21-16)24-22-17(25)12-14-5-3-2-4-6-14/h2-10H,11-12H2,1H3,(H,22,25)(H2,20,23,24,26). The van der Waals surface area contributed by atoms with Crippen molar-refractivity contribution in [3.05, 3.63) is 87.3 Å². The lowest BCUT2D eigenvalue weighted by atomic mass is 10.1. The van der Waals surface area contributed by atoms with E-state index in [0.29, 0.717) is 12.1 Å². The zero-order valence-electron chi connectivity index (χ0n) is 14.3. The van der Waals surface area contributed by atoms with Crippen LogP contribution in [0.3, 0.4) is 0 Å². The number of amides is 1. The molecular formula is C19H19N5O2. The SMILES string of the molecule is Cc1ccc(Cc2nnc(NNC(=O)Cc3ccccc3)[nH]c2=O)cc1. The monoisotopic (exact) mass is 349 g/mol. The Morgan fingerprint density at radius 3 is 2.42 bits per heavy atom. The lowest BCUT2D eigenvalue weighted by Gasteiger charge is -2.07. The minimum atomic E-state index is -0.347. The summed E-state index contributed by atoms with van der Waals surface area (Å²) in [6.07, 6.45) is 0.611. The van der Waals surface area contributed by atoms with E-state index < -0.39 is 0 Å². The van der Waals surface area contributed by atoms with Crippen LogP contribution in [0.4, 0.5) is 5.95 Å². The number of aromatic nitrogens is 3. The molecule has 0 radical (unpaired) electrons. The number of carbonyl (C=O) groups is 1. The summed E-state index contributed by atoms with van der Waals surface area (Å²) in [7, 11) is 0. The Morgan fingerprint density at radius 1 is 1.00 bits per heavy atom. The number of carbonyl (C=O) groups excluding carboxylic acids is 1. The molecule has 7 heteroatoms. The largest absolute Gasteiger partial charge is 0.288 e. The summed E-state index contributed by atoms with van der Waals surface area (Å²) in [4.78, 5) is 26.6. The highest BCUT2D eigenvalue weighted by atomic mass is 16.2. The fourth-order valence-corrected chi connectivity index (χ4v) is 2.39. The number of rotatable bonds is 6. The molecule has 0 bridgehead atoms. The Morgan fingerprint density at radius 2 is 1.73 bits per heavy atom. The molecule has 7 nitrogen and oxygen atoms in total. The van der Waals surface area contributed by atoms with Crippen LogP contribution >= 0.6 is 0 Å². The normalized spacial score (nSPS) is 10.3. The third-order valence-electron chi connectivity index (χ3n) is 3.78. The highest BCUT2D eigenvalue weighted by Crippen LogP contribution is 2.06. The van der Waals surface area contributed by atoms with Crippen molar-refractivity contribution >= 4 is 11.9 Å². The molecule has 0 unspecified atom stereocenters. The van der Waals surface area contributed by atoms with Gasteiger partial charge in [-0.3, -0.25) is 25.4 Å². The lowest BCUT2D eigenvalue weighted by molar-refractivity contribution is -0.119. The van der Waals surface area contributed by atoms with Gasteiger partial charge in [0.1, 0.15) is 5.69 Å². The molecule has 1 heterocycles. The van der Waals surface area contributed by atoms with Crippen molar-refractivity contribution in [3.8, 4) is 0 Å². The van der Waals surface area contributed by atoms with E-state index in [1.54, 1.807) is 0 Å². The van der Waals surface area contributed by atoms with E-state index in [4.69, 9.17) is 0 Å². The van der Waals surface area contributed by atoms with Crippen molar-refractivity contribution in [2.75, 3.05) is 5.43 Å². The molecule has 1 amide bonds. The van der Waals surface area contributed by atoms with E-state index in [1.165, 1.54) is 0 Å². The minimum absolute atomic E-state index is 0.0871. The van der Waals surface area contributed by atoms with Gasteiger partial charge in [-0.2, -0.15) is 0 Å². The van der Waals surface area contributed by atoms with Crippen molar-refractivity contribution in [2.45, 2.75) is 19.8 Å². The third-order valence-corrected chi connectivity index (χ3v) is 3.78. The third kappa shape index (κ3) is 4.76. The summed E-state index contributed by atoms with van der Waals surface area (Å²) in [6, 6.07) is 17.2. The average Bonchev–Trinajstić information content (AvgIpc) is 2.64. The summed E-state index contributed by atoms with van der Waals surface area (Å²) < 4.78 is 0. The van der Waals surface area contributed by atoms with Crippen LogP contribution in [0, 0.1) is 6.92 Å². The molecule has 0 atom stereocenters. The van der Waals surface area contributed by atoms with Gasteiger partial charge in [0.25, 0.3) is 5.56 Å². The Bertz CT molecular complexity index is 936. The molecule has 0 aliphatic heterocycles. The van der Waals surface area contributed by atoms with E-state index in [0.717, 1.165) is 16.7 Å². The Balaban J connectivity index is 1.58. The second-order valence-corrected chi connectivity index (χ2v) is 5.95. The van der Waals surface area contributed by atoms with Gasteiger partial charge in [0.15, 0.2) is 0 Å². The molecule has 1 aromatic heterocycles. The predicted octanol–water partition coefficient (Wildman–Crippen LogP) is 1.75. The van der Waals surface area contributed by atoms with Crippen LogP contribution in [0.5, 0.6) is 0 Å². The van der Waals surface area contributed by atoms with Gasteiger partial charge in [-0.25, -0.2) is 0 Å². The maximum atomic E-state index is 12.1. The van der Waals surface area contributed by atoms with Gasteiger partial charge >= 0.3 is 0 Å². The molecule has 0 saturated heterocycles. The highest BCUT2D eigenvalue weighted by molar-refractivity contribution is 5.79. The second kappa shape index (κ2) is 8.06. The van der Waals surface area contributed by atoms with Gasteiger partial charge in [0, 0.05) is 6.42 Å². The second-order valence-electron chi connectivity index (χ2n) is 5.95. The molecule has 0 fully saturated rings. The van der Waals surface area contributed by atoms with E-state index in [1.807, 2.05) is 61.5 Å². The maximum absolute atomic E-state index is 12.1. The summed E-state index contributed by atoms with van der Waals surface area (Å²) in [5.74, 6) is -0.161. The smallest absolute Gasteiger partial charge is 0.274 e. The molecule has 3 rings (SSSR count). The van der Waals surface area contributed by atoms with Crippen LogP contribution in [-0.2, 0) is 17.6 Å². The van der Waals surface area contributed by atoms with Crippen molar-refractivity contribution in [1.82, 2.24) is 20.6 Å². The van der Waals surface area contributed by atoms with Gasteiger partial charge in [-0.1, -0.05) is 60.2 Å². The van der Waals surface area contributed by atoms with E-state index in [2.05, 4.69) is 26.0 Å². The molecule has 0 spiro atoms. The fourth-order valence-electron chi connectivity index (χ4n) is 2.39. The van der Waals surface area contributed by atoms with Crippen LogP contribution < -0.4 is 16.4 Å². The average molecular weight is 349 g/mol. The molecule has 0 aliphatic carbocycles. The van der Waals surface area contributed by atoms with Gasteiger partial charge in [-0.15, -0.1) is 10.2 Å². The first kappa shape index (κ1) is 17.3. The first-order valence-corrected chi connectivity index (χ1v) is 8.20. The summed E-state index contributed by atoms with van der Waals surface area (Å²) >= 11 is 0. The molecule has 26 heavy (non-hydrogen) atoms. The Hall–Kier alpha value is -3.48. The number of anilines is 1. The van der Waals surface area contributed by atoms with Crippen LogP contribution in [0.1, 0.15) is 22.4 Å². The van der Waals surface area contributed by atoms with E-state index in [9.17, 15) is 9.59 Å². The van der Waals surface area contributed by atoms with Crippen molar-refractivity contribution in [3.63, 3.8) is 0 Å². The first-order valence-electron chi connectivity index (χ1n) is 8.20. The van der Waals surface area contributed by atoms with Gasteiger partial charge in [0.2, 0.25) is 11.9 Å². The summed E-state index contributed by atoms with van der Waals surface area (Å²) in [5.41, 5.74) is 8.05. The summed E-state index contributed by atoms with van der Waals surface area (Å²) in [5, 5.41) is 7.85. The maximum Gasteiger partial charge on any atom is 0.274 e. The van der Waals surface area contributed by atoms with Crippen molar-refractivity contribution < 1.29 is 4.79 Å². The van der Waals surface area contributed by atoms with Crippen LogP contribution in [0.2, 0.25) is 0 Å². The first-order chi connectivity index (χ1) is 12.6. The molecule has 132 valence electrons. The molecule has 3 aromatic rings. The van der Waals surface area contributed by atoms with Gasteiger partial charge in [-0.05, 0) is 18.1 Å². The lowest BCUT2D eigenvalue weighted by Crippen LogP contribution is -2.33.